The van der Waals surface area contributed by atoms with Gasteiger partial charge in [0.1, 0.15) is 0 Å². The van der Waals surface area contributed by atoms with Crippen LogP contribution in [0.1, 0.15) is 37.5 Å². The number of aryl methyl sites for hydroxylation is 2. The van der Waals surface area contributed by atoms with Crippen molar-refractivity contribution >= 4 is 0 Å². The molecule has 0 aliphatic carbocycles. The lowest BCUT2D eigenvalue weighted by molar-refractivity contribution is 0.108. The molecule has 0 amide bonds. The zero-order valence-corrected chi connectivity index (χ0v) is 12.4. The maximum Gasteiger partial charge on any atom is 0.0622 e. The molecule has 1 unspecified atom stereocenters. The molecule has 2 nitrogen and oxygen atoms in total. The minimum Gasteiger partial charge on any atom is -0.380 e. The Hall–Kier alpha value is -0.860. The highest BCUT2D eigenvalue weighted by Gasteiger charge is 2.13. The van der Waals surface area contributed by atoms with Crippen LogP contribution < -0.4 is 5.32 Å². The maximum atomic E-state index is 5.53. The van der Waals surface area contributed by atoms with Gasteiger partial charge in [0.05, 0.1) is 6.61 Å². The molecule has 0 aromatic heterocycles. The number of rotatable bonds is 7. The number of ether oxygens (including phenoxy) is 1. The maximum absolute atomic E-state index is 5.53. The van der Waals surface area contributed by atoms with Crippen LogP contribution in [0.2, 0.25) is 0 Å². The van der Waals surface area contributed by atoms with Gasteiger partial charge in [0.2, 0.25) is 0 Å². The van der Waals surface area contributed by atoms with E-state index >= 15 is 0 Å². The quantitative estimate of drug-likeness (QED) is 0.799. The van der Waals surface area contributed by atoms with Crippen molar-refractivity contribution in [1.29, 1.82) is 0 Å². The fourth-order valence-corrected chi connectivity index (χ4v) is 2.02. The van der Waals surface area contributed by atoms with Crippen molar-refractivity contribution in [2.24, 2.45) is 5.92 Å². The predicted molar refractivity (Wildman–Crippen MR) is 77.9 cm³/mol. The summed E-state index contributed by atoms with van der Waals surface area (Å²) in [5, 5.41) is 3.61. The van der Waals surface area contributed by atoms with Gasteiger partial charge in [-0.05, 0) is 37.8 Å². The lowest BCUT2D eigenvalue weighted by atomic mass is 10.0. The molecule has 102 valence electrons. The summed E-state index contributed by atoms with van der Waals surface area (Å²) < 4.78 is 5.53. The fourth-order valence-electron chi connectivity index (χ4n) is 2.02. The van der Waals surface area contributed by atoms with Crippen LogP contribution in [0.25, 0.3) is 0 Å². The molecule has 1 rings (SSSR count). The van der Waals surface area contributed by atoms with Gasteiger partial charge >= 0.3 is 0 Å². The smallest absolute Gasteiger partial charge is 0.0622 e. The average Bonchev–Trinajstić information content (AvgIpc) is 2.31. The number of nitrogens with one attached hydrogen (secondary N) is 1. The molecule has 0 radical (unpaired) electrons. The Kier molecular flexibility index (Phi) is 6.37. The first kappa shape index (κ1) is 15.2. The van der Waals surface area contributed by atoms with Gasteiger partial charge in [0, 0.05) is 19.2 Å². The highest BCUT2D eigenvalue weighted by Crippen LogP contribution is 2.11. The third-order valence-corrected chi connectivity index (χ3v) is 3.36. The number of benzene rings is 1. The van der Waals surface area contributed by atoms with E-state index in [2.05, 4.69) is 51.2 Å². The van der Waals surface area contributed by atoms with Crippen molar-refractivity contribution in [3.05, 3.63) is 34.9 Å². The summed E-state index contributed by atoms with van der Waals surface area (Å²) in [5.74, 6) is 0.585. The second kappa shape index (κ2) is 7.55. The predicted octanol–water partition coefficient (Wildman–Crippen LogP) is 3.45. The van der Waals surface area contributed by atoms with Crippen molar-refractivity contribution < 1.29 is 4.74 Å². The monoisotopic (exact) mass is 249 g/mol. The second-order valence-corrected chi connectivity index (χ2v) is 5.32. The Morgan fingerprint density at radius 2 is 1.94 bits per heavy atom. The van der Waals surface area contributed by atoms with E-state index in [0.717, 1.165) is 19.8 Å². The van der Waals surface area contributed by atoms with Crippen LogP contribution in [0.15, 0.2) is 18.2 Å². The van der Waals surface area contributed by atoms with Gasteiger partial charge in [-0.3, -0.25) is 0 Å². The van der Waals surface area contributed by atoms with Crippen molar-refractivity contribution in [3.63, 3.8) is 0 Å². The van der Waals surface area contributed by atoms with Crippen LogP contribution in [-0.4, -0.2) is 19.3 Å². The minimum atomic E-state index is 0.422. The number of hydrogen-bond acceptors (Lipinski definition) is 2. The third kappa shape index (κ3) is 4.79. The summed E-state index contributed by atoms with van der Waals surface area (Å²) in [5.41, 5.74) is 4.06. The topological polar surface area (TPSA) is 21.3 Å². The van der Waals surface area contributed by atoms with Gasteiger partial charge < -0.3 is 10.1 Å². The van der Waals surface area contributed by atoms with E-state index in [1.54, 1.807) is 0 Å². The van der Waals surface area contributed by atoms with Gasteiger partial charge in [-0.25, -0.2) is 0 Å². The van der Waals surface area contributed by atoms with Crippen LogP contribution in [0.5, 0.6) is 0 Å². The Labute approximate surface area is 112 Å². The van der Waals surface area contributed by atoms with Gasteiger partial charge in [0.15, 0.2) is 0 Å². The molecule has 0 aliphatic rings. The highest BCUT2D eigenvalue weighted by molar-refractivity contribution is 5.30. The Morgan fingerprint density at radius 3 is 2.50 bits per heavy atom. The molecule has 2 heteroatoms. The van der Waals surface area contributed by atoms with Gasteiger partial charge in [-0.15, -0.1) is 0 Å². The molecule has 0 saturated heterocycles. The summed E-state index contributed by atoms with van der Waals surface area (Å²) in [6.07, 6.45) is 0. The SMILES string of the molecule is CCOCC(NCc1ccc(C)cc1C)C(C)C. The van der Waals surface area contributed by atoms with Crippen molar-refractivity contribution in [3.8, 4) is 0 Å². The zero-order valence-electron chi connectivity index (χ0n) is 12.4. The standard InChI is InChI=1S/C16H27NO/c1-6-18-11-16(12(2)3)17-10-15-8-7-13(4)9-14(15)5/h7-9,12,16-17H,6,10-11H2,1-5H3. The van der Waals surface area contributed by atoms with Gasteiger partial charge in [-0.2, -0.15) is 0 Å². The van der Waals surface area contributed by atoms with E-state index in [1.165, 1.54) is 16.7 Å². The van der Waals surface area contributed by atoms with Crippen LogP contribution in [0.4, 0.5) is 0 Å². The van der Waals surface area contributed by atoms with E-state index in [1.807, 2.05) is 6.92 Å². The molecule has 0 bridgehead atoms. The van der Waals surface area contributed by atoms with Crippen molar-refractivity contribution in [2.75, 3.05) is 13.2 Å². The van der Waals surface area contributed by atoms with Crippen LogP contribution in [0, 0.1) is 19.8 Å². The summed E-state index contributed by atoms with van der Waals surface area (Å²) in [7, 11) is 0. The number of hydrogen-bond donors (Lipinski definition) is 1. The minimum absolute atomic E-state index is 0.422. The molecule has 0 saturated carbocycles. The first-order valence-corrected chi connectivity index (χ1v) is 6.91. The third-order valence-electron chi connectivity index (χ3n) is 3.36. The average molecular weight is 249 g/mol. The van der Waals surface area contributed by atoms with E-state index in [4.69, 9.17) is 4.74 Å². The Morgan fingerprint density at radius 1 is 1.22 bits per heavy atom. The molecule has 1 aromatic rings. The van der Waals surface area contributed by atoms with Gasteiger partial charge in [0.25, 0.3) is 0 Å². The lowest BCUT2D eigenvalue weighted by Crippen LogP contribution is -2.37. The molecule has 0 heterocycles. The Bertz CT molecular complexity index is 360. The molecule has 1 atom stereocenters. The van der Waals surface area contributed by atoms with E-state index in [0.29, 0.717) is 12.0 Å². The van der Waals surface area contributed by atoms with Crippen molar-refractivity contribution in [2.45, 2.75) is 47.2 Å². The molecular weight excluding hydrogens is 222 g/mol. The largest absolute Gasteiger partial charge is 0.380 e. The molecular formula is C16H27NO. The molecule has 1 aromatic carbocycles. The van der Waals surface area contributed by atoms with Crippen molar-refractivity contribution in [1.82, 2.24) is 5.32 Å². The van der Waals surface area contributed by atoms with Crippen LogP contribution in [0.3, 0.4) is 0 Å². The molecule has 1 N–H and O–H groups in total. The normalized spacial score (nSPS) is 13.0. The van der Waals surface area contributed by atoms with E-state index < -0.39 is 0 Å². The van der Waals surface area contributed by atoms with E-state index in [-0.39, 0.29) is 0 Å². The summed E-state index contributed by atoms with van der Waals surface area (Å²) in [4.78, 5) is 0. The zero-order chi connectivity index (χ0) is 13.5. The van der Waals surface area contributed by atoms with Crippen LogP contribution in [-0.2, 0) is 11.3 Å². The van der Waals surface area contributed by atoms with Gasteiger partial charge in [-0.1, -0.05) is 37.6 Å². The summed E-state index contributed by atoms with van der Waals surface area (Å²) in [6, 6.07) is 7.06. The molecule has 0 fully saturated rings. The Balaban J connectivity index is 2.55. The van der Waals surface area contributed by atoms with Crippen LogP contribution >= 0.6 is 0 Å². The summed E-state index contributed by atoms with van der Waals surface area (Å²) in [6.45, 7) is 13.3. The van der Waals surface area contributed by atoms with E-state index in [9.17, 15) is 0 Å². The lowest BCUT2D eigenvalue weighted by Gasteiger charge is -2.22. The molecule has 0 spiro atoms. The fraction of sp³-hybridized carbons (Fsp3) is 0.625. The molecule has 0 aliphatic heterocycles. The first-order valence-electron chi connectivity index (χ1n) is 6.91. The summed E-state index contributed by atoms with van der Waals surface area (Å²) >= 11 is 0. The first-order chi connectivity index (χ1) is 8.54. The molecule has 18 heavy (non-hydrogen) atoms. The second-order valence-electron chi connectivity index (χ2n) is 5.32. The highest BCUT2D eigenvalue weighted by atomic mass is 16.5.